The van der Waals surface area contributed by atoms with Crippen LogP contribution in [0, 0.1) is 5.92 Å². The summed E-state index contributed by atoms with van der Waals surface area (Å²) in [6, 6.07) is 0. The van der Waals surface area contributed by atoms with Crippen LogP contribution >= 0.6 is 0 Å². The van der Waals surface area contributed by atoms with Gasteiger partial charge in [-0.05, 0) is 37.0 Å². The van der Waals surface area contributed by atoms with E-state index in [1.807, 2.05) is 29.3 Å². The van der Waals surface area contributed by atoms with Crippen LogP contribution in [0.25, 0.3) is 0 Å². The molecule has 2 unspecified atom stereocenters. The number of aldehydes is 1. The van der Waals surface area contributed by atoms with Gasteiger partial charge in [-0.1, -0.05) is 43.2 Å². The number of nitrogens with zero attached hydrogens (tertiary/aromatic N) is 1. The standard InChI is InChI=1S/C20H22F3NO/c1-2-3-6-18-7-4-5-10-24(18)19(14-25)12-15-8-9-17(20(21,22)23)11-16(15)13-19/h4-10,14,17H,2-3,11-13H2,1H3/b18-6+. The van der Waals surface area contributed by atoms with Crippen molar-refractivity contribution in [2.24, 2.45) is 5.92 Å². The maximum atomic E-state index is 13.0. The Morgan fingerprint density at radius 3 is 2.76 bits per heavy atom. The lowest BCUT2D eigenvalue weighted by molar-refractivity contribution is -0.161. The molecule has 0 N–H and O–H groups in total. The Bertz CT molecular complexity index is 696. The van der Waals surface area contributed by atoms with E-state index >= 15 is 0 Å². The molecule has 0 saturated heterocycles. The number of carbonyl (C=O) groups excluding carboxylic acids is 1. The van der Waals surface area contributed by atoms with Crippen LogP contribution in [-0.2, 0) is 4.79 Å². The first kappa shape index (κ1) is 17.8. The van der Waals surface area contributed by atoms with Gasteiger partial charge in [0.1, 0.15) is 11.8 Å². The van der Waals surface area contributed by atoms with Gasteiger partial charge in [0, 0.05) is 18.3 Å². The van der Waals surface area contributed by atoms with Gasteiger partial charge in [0.2, 0.25) is 0 Å². The van der Waals surface area contributed by atoms with Crippen molar-refractivity contribution in [3.63, 3.8) is 0 Å². The molecule has 134 valence electrons. The molecule has 2 atom stereocenters. The molecule has 1 aliphatic heterocycles. The van der Waals surface area contributed by atoms with Gasteiger partial charge in [0.15, 0.2) is 0 Å². The largest absolute Gasteiger partial charge is 0.395 e. The van der Waals surface area contributed by atoms with Crippen molar-refractivity contribution in [1.29, 1.82) is 0 Å². The van der Waals surface area contributed by atoms with E-state index in [4.69, 9.17) is 0 Å². The molecule has 25 heavy (non-hydrogen) atoms. The predicted octanol–water partition coefficient (Wildman–Crippen LogP) is 5.22. The Balaban J connectivity index is 1.85. The third-order valence-corrected chi connectivity index (χ3v) is 5.12. The minimum Gasteiger partial charge on any atom is -0.335 e. The molecule has 0 amide bonds. The molecule has 3 rings (SSSR count). The Labute approximate surface area is 146 Å². The lowest BCUT2D eigenvalue weighted by Gasteiger charge is -2.39. The molecule has 0 spiro atoms. The van der Waals surface area contributed by atoms with E-state index in [0.717, 1.165) is 36.0 Å². The Hall–Kier alpha value is -2.04. The van der Waals surface area contributed by atoms with Gasteiger partial charge >= 0.3 is 6.18 Å². The van der Waals surface area contributed by atoms with Gasteiger partial charge in [0.05, 0.1) is 5.92 Å². The van der Waals surface area contributed by atoms with Crippen molar-refractivity contribution in [2.45, 2.75) is 50.7 Å². The molecule has 3 aliphatic rings. The summed E-state index contributed by atoms with van der Waals surface area (Å²) in [6.45, 7) is 2.08. The van der Waals surface area contributed by atoms with Crippen LogP contribution < -0.4 is 0 Å². The molecule has 1 heterocycles. The fourth-order valence-electron chi connectivity index (χ4n) is 3.80. The zero-order chi connectivity index (χ0) is 18.1. The van der Waals surface area contributed by atoms with Crippen molar-refractivity contribution in [2.75, 3.05) is 0 Å². The van der Waals surface area contributed by atoms with E-state index in [9.17, 15) is 18.0 Å². The molecular weight excluding hydrogens is 327 g/mol. The average molecular weight is 349 g/mol. The molecule has 0 bridgehead atoms. The second kappa shape index (κ2) is 6.70. The number of hydrogen-bond donors (Lipinski definition) is 0. The minimum absolute atomic E-state index is 0.0354. The number of allylic oxidation sites excluding steroid dienone is 6. The highest BCUT2D eigenvalue weighted by molar-refractivity contribution is 5.70. The first-order valence-corrected chi connectivity index (χ1v) is 8.66. The Morgan fingerprint density at radius 1 is 1.28 bits per heavy atom. The third kappa shape index (κ3) is 3.37. The topological polar surface area (TPSA) is 20.3 Å². The van der Waals surface area contributed by atoms with Crippen LogP contribution in [0.3, 0.4) is 0 Å². The summed E-state index contributed by atoms with van der Waals surface area (Å²) in [5.74, 6) is -1.44. The first-order valence-electron chi connectivity index (χ1n) is 8.66. The van der Waals surface area contributed by atoms with Gasteiger partial charge < -0.3 is 9.69 Å². The molecule has 0 aromatic carbocycles. The lowest BCUT2D eigenvalue weighted by atomic mass is 9.89. The first-order chi connectivity index (χ1) is 11.9. The summed E-state index contributed by atoms with van der Waals surface area (Å²) in [5.41, 5.74) is 1.75. The van der Waals surface area contributed by atoms with E-state index < -0.39 is 17.6 Å². The molecule has 2 aliphatic carbocycles. The summed E-state index contributed by atoms with van der Waals surface area (Å²) in [5, 5.41) is 0. The number of unbranched alkanes of at least 4 members (excludes halogenated alkanes) is 1. The molecule has 5 heteroatoms. The van der Waals surface area contributed by atoms with Crippen molar-refractivity contribution in [3.8, 4) is 0 Å². The second-order valence-corrected chi connectivity index (χ2v) is 6.90. The van der Waals surface area contributed by atoms with Crippen LogP contribution in [0.2, 0.25) is 0 Å². The fourth-order valence-corrected chi connectivity index (χ4v) is 3.80. The third-order valence-electron chi connectivity index (χ3n) is 5.12. The molecule has 0 fully saturated rings. The van der Waals surface area contributed by atoms with Crippen molar-refractivity contribution in [1.82, 2.24) is 4.90 Å². The average Bonchev–Trinajstić information content (AvgIpc) is 2.98. The van der Waals surface area contributed by atoms with Crippen molar-refractivity contribution < 1.29 is 18.0 Å². The van der Waals surface area contributed by atoms with Crippen LogP contribution in [-0.4, -0.2) is 22.9 Å². The van der Waals surface area contributed by atoms with Crippen LogP contribution in [0.5, 0.6) is 0 Å². The van der Waals surface area contributed by atoms with Gasteiger partial charge in [-0.3, -0.25) is 0 Å². The van der Waals surface area contributed by atoms with E-state index in [-0.39, 0.29) is 6.42 Å². The number of alkyl halides is 3. The summed E-state index contributed by atoms with van der Waals surface area (Å²) in [6.07, 6.45) is 11.8. The van der Waals surface area contributed by atoms with Crippen LogP contribution in [0.1, 0.15) is 39.0 Å². The molecule has 0 aromatic heterocycles. The maximum absolute atomic E-state index is 13.0. The van der Waals surface area contributed by atoms with E-state index in [1.165, 1.54) is 6.08 Å². The zero-order valence-electron chi connectivity index (χ0n) is 14.2. The number of carbonyl (C=O) groups is 1. The summed E-state index contributed by atoms with van der Waals surface area (Å²) in [7, 11) is 0. The zero-order valence-corrected chi connectivity index (χ0v) is 14.2. The normalized spacial score (nSPS) is 30.3. The van der Waals surface area contributed by atoms with Gasteiger partial charge in [-0.2, -0.15) is 13.2 Å². The monoisotopic (exact) mass is 349 g/mol. The molecule has 0 aromatic rings. The van der Waals surface area contributed by atoms with Gasteiger partial charge in [-0.25, -0.2) is 0 Å². The van der Waals surface area contributed by atoms with Gasteiger partial charge in [0.25, 0.3) is 0 Å². The van der Waals surface area contributed by atoms with Crippen LogP contribution in [0.15, 0.2) is 59.5 Å². The molecule has 0 radical (unpaired) electrons. The highest BCUT2D eigenvalue weighted by atomic mass is 19.4. The maximum Gasteiger partial charge on any atom is 0.395 e. The van der Waals surface area contributed by atoms with Crippen molar-refractivity contribution in [3.05, 3.63) is 59.5 Å². The van der Waals surface area contributed by atoms with Crippen molar-refractivity contribution >= 4 is 6.29 Å². The smallest absolute Gasteiger partial charge is 0.335 e. The van der Waals surface area contributed by atoms with Crippen LogP contribution in [0.4, 0.5) is 13.2 Å². The van der Waals surface area contributed by atoms with E-state index in [1.54, 1.807) is 6.08 Å². The van der Waals surface area contributed by atoms with E-state index in [0.29, 0.717) is 12.8 Å². The second-order valence-electron chi connectivity index (χ2n) is 6.90. The van der Waals surface area contributed by atoms with E-state index in [2.05, 4.69) is 13.0 Å². The predicted molar refractivity (Wildman–Crippen MR) is 91.5 cm³/mol. The molecule has 2 nitrogen and oxygen atoms in total. The highest BCUT2D eigenvalue weighted by Crippen LogP contribution is 2.48. The highest BCUT2D eigenvalue weighted by Gasteiger charge is 2.47. The summed E-state index contributed by atoms with van der Waals surface area (Å²) >= 11 is 0. The lowest BCUT2D eigenvalue weighted by Crippen LogP contribution is -2.45. The summed E-state index contributed by atoms with van der Waals surface area (Å²) in [4.78, 5) is 14.0. The minimum atomic E-state index is -4.23. The molecular formula is C20H22F3NO. The number of rotatable bonds is 4. The quantitative estimate of drug-likeness (QED) is 0.648. The number of halogens is 3. The number of hydrogen-bond acceptors (Lipinski definition) is 2. The fraction of sp³-hybridized carbons (Fsp3) is 0.450. The summed E-state index contributed by atoms with van der Waals surface area (Å²) < 4.78 is 39.1. The molecule has 0 saturated carbocycles. The Kier molecular flexibility index (Phi) is 4.76. The SMILES string of the molecule is CCC/C=C1\C=CC=CN1C1(C=O)CC2=C(CC(C(F)(F)F)C=C2)C1. The Morgan fingerprint density at radius 2 is 2.08 bits per heavy atom. The van der Waals surface area contributed by atoms with Gasteiger partial charge in [-0.15, -0.1) is 0 Å².